The summed E-state index contributed by atoms with van der Waals surface area (Å²) in [7, 11) is 1.63. The van der Waals surface area contributed by atoms with Gasteiger partial charge in [-0.3, -0.25) is 14.5 Å². The number of hydrogen-bond donors (Lipinski definition) is 0. The number of furan rings is 1. The molecule has 1 saturated heterocycles. The molecular formula is C24H29N3O5. The molecule has 3 heterocycles. The molecule has 170 valence electrons. The van der Waals surface area contributed by atoms with Crippen molar-refractivity contribution in [3.05, 3.63) is 54.0 Å². The predicted octanol–water partition coefficient (Wildman–Crippen LogP) is 3.24. The highest BCUT2D eigenvalue weighted by atomic mass is 16.5. The second kappa shape index (κ2) is 9.99. The molecule has 0 saturated carbocycles. The summed E-state index contributed by atoms with van der Waals surface area (Å²) in [4.78, 5) is 27.3. The largest absolute Gasteiger partial charge is 0.497 e. The Morgan fingerprint density at radius 3 is 2.53 bits per heavy atom. The number of amides is 1. The molecule has 0 aliphatic carbocycles. The van der Waals surface area contributed by atoms with Crippen LogP contribution in [0.1, 0.15) is 43.6 Å². The fourth-order valence-corrected chi connectivity index (χ4v) is 4.25. The number of rotatable bonds is 7. The fourth-order valence-electron chi connectivity index (χ4n) is 4.25. The number of methoxy groups -OCH3 is 1. The lowest BCUT2D eigenvalue weighted by molar-refractivity contribution is -0.149. The Kier molecular flexibility index (Phi) is 6.90. The van der Waals surface area contributed by atoms with Gasteiger partial charge in [0.1, 0.15) is 17.6 Å². The van der Waals surface area contributed by atoms with Crippen LogP contribution in [-0.2, 0) is 14.3 Å². The molecule has 2 aromatic rings. The number of carbonyl (C=O) groups is 2. The molecule has 1 atom stereocenters. The van der Waals surface area contributed by atoms with Crippen molar-refractivity contribution in [1.82, 2.24) is 9.91 Å². The van der Waals surface area contributed by atoms with Gasteiger partial charge >= 0.3 is 5.97 Å². The van der Waals surface area contributed by atoms with Crippen molar-refractivity contribution in [3.63, 3.8) is 0 Å². The van der Waals surface area contributed by atoms with Crippen molar-refractivity contribution < 1.29 is 23.5 Å². The van der Waals surface area contributed by atoms with Crippen LogP contribution < -0.4 is 4.74 Å². The second-order valence-electron chi connectivity index (χ2n) is 8.05. The predicted molar refractivity (Wildman–Crippen MR) is 118 cm³/mol. The summed E-state index contributed by atoms with van der Waals surface area (Å²) < 4.78 is 16.0. The highest BCUT2D eigenvalue weighted by molar-refractivity contribution is 6.03. The molecule has 1 aromatic carbocycles. The Morgan fingerprint density at radius 1 is 1.16 bits per heavy atom. The van der Waals surface area contributed by atoms with E-state index in [0.717, 1.165) is 17.0 Å². The molecule has 8 heteroatoms. The van der Waals surface area contributed by atoms with E-state index in [2.05, 4.69) is 10.0 Å². The third kappa shape index (κ3) is 4.85. The standard InChI is InChI=1S/C24H29N3O5/c1-3-31-24(29)18-10-12-26(13-11-18)16-23(28)27-21(22-5-4-14-32-22)15-20(25-27)17-6-8-19(30-2)9-7-17/h4-9,14,18,21H,3,10-13,15-16H2,1-2H3. The van der Waals surface area contributed by atoms with Crippen LogP contribution in [0.15, 0.2) is 52.2 Å². The molecular weight excluding hydrogens is 410 g/mol. The molecule has 1 aromatic heterocycles. The molecule has 1 amide bonds. The minimum absolute atomic E-state index is 0.0792. The van der Waals surface area contributed by atoms with Gasteiger partial charge in [-0.25, -0.2) is 5.01 Å². The van der Waals surface area contributed by atoms with Gasteiger partial charge in [0.05, 0.1) is 38.2 Å². The van der Waals surface area contributed by atoms with E-state index >= 15 is 0 Å². The highest BCUT2D eigenvalue weighted by Gasteiger charge is 2.36. The van der Waals surface area contributed by atoms with E-state index in [0.29, 0.717) is 44.7 Å². The van der Waals surface area contributed by atoms with Crippen molar-refractivity contribution in [2.75, 3.05) is 33.4 Å². The lowest BCUT2D eigenvalue weighted by Crippen LogP contribution is -2.43. The molecule has 1 unspecified atom stereocenters. The quantitative estimate of drug-likeness (QED) is 0.616. The van der Waals surface area contributed by atoms with Gasteiger partial charge in [-0.2, -0.15) is 5.10 Å². The van der Waals surface area contributed by atoms with Crippen LogP contribution in [-0.4, -0.2) is 60.8 Å². The minimum Gasteiger partial charge on any atom is -0.497 e. The average Bonchev–Trinajstić information content (AvgIpc) is 3.50. The Hall–Kier alpha value is -3.13. The van der Waals surface area contributed by atoms with E-state index < -0.39 is 0 Å². The normalized spacial score (nSPS) is 19.6. The zero-order valence-corrected chi connectivity index (χ0v) is 18.5. The van der Waals surface area contributed by atoms with Crippen LogP contribution >= 0.6 is 0 Å². The van der Waals surface area contributed by atoms with E-state index in [9.17, 15) is 9.59 Å². The molecule has 2 aliphatic rings. The molecule has 8 nitrogen and oxygen atoms in total. The van der Waals surface area contributed by atoms with Gasteiger partial charge in [-0.05, 0) is 74.8 Å². The van der Waals surface area contributed by atoms with Crippen LogP contribution in [0.5, 0.6) is 5.75 Å². The van der Waals surface area contributed by atoms with Gasteiger partial charge < -0.3 is 13.9 Å². The number of hydrazone groups is 1. The first kappa shape index (κ1) is 22.1. The lowest BCUT2D eigenvalue weighted by atomic mass is 9.97. The summed E-state index contributed by atoms with van der Waals surface area (Å²) in [6, 6.07) is 11.1. The molecule has 0 N–H and O–H groups in total. The molecule has 0 bridgehead atoms. The Balaban J connectivity index is 1.44. The summed E-state index contributed by atoms with van der Waals surface area (Å²) in [5.41, 5.74) is 1.79. The summed E-state index contributed by atoms with van der Waals surface area (Å²) in [5, 5.41) is 6.23. The topological polar surface area (TPSA) is 84.6 Å². The van der Waals surface area contributed by atoms with Crippen molar-refractivity contribution in [3.8, 4) is 5.75 Å². The number of ether oxygens (including phenoxy) is 2. The third-order valence-electron chi connectivity index (χ3n) is 6.03. The van der Waals surface area contributed by atoms with E-state index in [-0.39, 0.29) is 30.4 Å². The van der Waals surface area contributed by atoms with Gasteiger partial charge in [0.15, 0.2) is 0 Å². The van der Waals surface area contributed by atoms with Crippen LogP contribution in [0.3, 0.4) is 0 Å². The molecule has 2 aliphatic heterocycles. The Bertz CT molecular complexity index is 947. The van der Waals surface area contributed by atoms with E-state index in [4.69, 9.17) is 13.9 Å². The zero-order chi connectivity index (χ0) is 22.5. The summed E-state index contributed by atoms with van der Waals surface area (Å²) in [5.74, 6) is 1.19. The lowest BCUT2D eigenvalue weighted by Gasteiger charge is -2.31. The van der Waals surface area contributed by atoms with Crippen molar-refractivity contribution in [2.45, 2.75) is 32.2 Å². The van der Waals surface area contributed by atoms with E-state index in [1.54, 1.807) is 18.4 Å². The van der Waals surface area contributed by atoms with Crippen LogP contribution in [0, 0.1) is 5.92 Å². The molecule has 32 heavy (non-hydrogen) atoms. The summed E-state index contributed by atoms with van der Waals surface area (Å²) in [6.45, 7) is 3.84. The first-order valence-electron chi connectivity index (χ1n) is 11.1. The third-order valence-corrected chi connectivity index (χ3v) is 6.03. The summed E-state index contributed by atoms with van der Waals surface area (Å²) in [6.07, 6.45) is 3.60. The molecule has 0 spiro atoms. The maximum atomic E-state index is 13.2. The molecule has 4 rings (SSSR count). The fraction of sp³-hybridized carbons (Fsp3) is 0.458. The first-order valence-corrected chi connectivity index (χ1v) is 11.1. The van der Waals surface area contributed by atoms with Crippen molar-refractivity contribution >= 4 is 17.6 Å². The number of likely N-dealkylation sites (tertiary alicyclic amines) is 1. The average molecular weight is 440 g/mol. The van der Waals surface area contributed by atoms with Crippen molar-refractivity contribution in [2.24, 2.45) is 11.0 Å². The number of esters is 1. The SMILES string of the molecule is CCOC(=O)C1CCN(CC(=O)N2N=C(c3ccc(OC)cc3)CC2c2ccco2)CC1. The maximum absolute atomic E-state index is 13.2. The number of piperidine rings is 1. The smallest absolute Gasteiger partial charge is 0.309 e. The van der Waals surface area contributed by atoms with Gasteiger partial charge in [-0.1, -0.05) is 0 Å². The summed E-state index contributed by atoms with van der Waals surface area (Å²) >= 11 is 0. The van der Waals surface area contributed by atoms with Gasteiger partial charge in [0, 0.05) is 6.42 Å². The van der Waals surface area contributed by atoms with Crippen LogP contribution in [0.2, 0.25) is 0 Å². The maximum Gasteiger partial charge on any atom is 0.309 e. The van der Waals surface area contributed by atoms with Crippen molar-refractivity contribution in [1.29, 1.82) is 0 Å². The number of hydrogen-bond acceptors (Lipinski definition) is 7. The van der Waals surface area contributed by atoms with Gasteiger partial charge in [0.25, 0.3) is 5.91 Å². The monoisotopic (exact) mass is 439 g/mol. The Labute approximate surface area is 187 Å². The first-order chi connectivity index (χ1) is 15.6. The number of nitrogens with zero attached hydrogens (tertiary/aromatic N) is 3. The van der Waals surface area contributed by atoms with Crippen LogP contribution in [0.25, 0.3) is 0 Å². The number of benzene rings is 1. The van der Waals surface area contributed by atoms with Gasteiger partial charge in [0.2, 0.25) is 0 Å². The second-order valence-corrected chi connectivity index (χ2v) is 8.05. The minimum atomic E-state index is -0.272. The zero-order valence-electron chi connectivity index (χ0n) is 18.5. The highest BCUT2D eigenvalue weighted by Crippen LogP contribution is 2.33. The van der Waals surface area contributed by atoms with E-state index in [1.165, 1.54) is 0 Å². The van der Waals surface area contributed by atoms with E-state index in [1.807, 2.05) is 43.3 Å². The van der Waals surface area contributed by atoms with Gasteiger partial charge in [-0.15, -0.1) is 0 Å². The Morgan fingerprint density at radius 2 is 1.91 bits per heavy atom. The number of carbonyl (C=O) groups excluding carboxylic acids is 2. The molecule has 0 radical (unpaired) electrons. The van der Waals surface area contributed by atoms with Crippen LogP contribution in [0.4, 0.5) is 0 Å². The molecule has 1 fully saturated rings.